The third kappa shape index (κ3) is 6.51. The Morgan fingerprint density at radius 3 is 2.55 bits per heavy atom. The summed E-state index contributed by atoms with van der Waals surface area (Å²) in [5.74, 6) is -0.150. The number of rotatable bonds is 9. The highest BCUT2D eigenvalue weighted by atomic mass is 32.1. The number of nitrogens with one attached hydrogen (secondary N) is 1. The number of nitrogens with zero attached hydrogens (tertiary/aromatic N) is 2. The molecule has 33 heavy (non-hydrogen) atoms. The van der Waals surface area contributed by atoms with Gasteiger partial charge < -0.3 is 10.2 Å². The highest BCUT2D eigenvalue weighted by molar-refractivity contribution is 7.10. The molecule has 0 bridgehead atoms. The van der Waals surface area contributed by atoms with Gasteiger partial charge in [-0.05, 0) is 42.3 Å². The Hall–Kier alpha value is -2.99. The monoisotopic (exact) mass is 461 g/mol. The molecule has 0 aliphatic heterocycles. The largest absolute Gasteiger partial charge is 0.351 e. The zero-order chi connectivity index (χ0) is 22.9. The summed E-state index contributed by atoms with van der Waals surface area (Å²) < 4.78 is 0. The SMILES string of the molecule is O=C(NC1CCCCC1)[C@H](c1cccnc1)N(CCc1ccccc1)C(=O)Cc1cccs1. The number of hydrogen-bond acceptors (Lipinski definition) is 4. The van der Waals surface area contributed by atoms with Crippen molar-refractivity contribution in [3.8, 4) is 0 Å². The van der Waals surface area contributed by atoms with Crippen LogP contribution in [0, 0.1) is 0 Å². The molecule has 6 heteroatoms. The molecule has 3 aromatic rings. The summed E-state index contributed by atoms with van der Waals surface area (Å²) >= 11 is 1.57. The Kier molecular flexibility index (Phi) is 8.25. The molecule has 4 rings (SSSR count). The topological polar surface area (TPSA) is 62.3 Å². The summed E-state index contributed by atoms with van der Waals surface area (Å²) in [5, 5.41) is 5.23. The second kappa shape index (κ2) is 11.8. The minimum absolute atomic E-state index is 0.0407. The van der Waals surface area contributed by atoms with E-state index in [1.165, 1.54) is 6.42 Å². The smallest absolute Gasteiger partial charge is 0.247 e. The van der Waals surface area contributed by atoms with Crippen LogP contribution in [0.25, 0.3) is 0 Å². The van der Waals surface area contributed by atoms with Gasteiger partial charge in [-0.25, -0.2) is 0 Å². The molecule has 1 aliphatic carbocycles. The molecule has 0 radical (unpaired) electrons. The van der Waals surface area contributed by atoms with Crippen LogP contribution >= 0.6 is 11.3 Å². The second-order valence-corrected chi connectivity index (χ2v) is 9.64. The molecule has 1 N–H and O–H groups in total. The standard InChI is InChI=1S/C27H31N3O2S/c31-25(19-24-14-8-18-33-24)30(17-15-21-9-3-1-4-10-21)26(22-11-7-16-28-20-22)27(32)29-23-12-5-2-6-13-23/h1,3-4,7-11,14,16,18,20,23,26H,2,5-6,12-13,15,17,19H2,(H,29,32)/t26-/m0/s1. The summed E-state index contributed by atoms with van der Waals surface area (Å²) in [7, 11) is 0. The van der Waals surface area contributed by atoms with Gasteiger partial charge in [0.2, 0.25) is 11.8 Å². The van der Waals surface area contributed by atoms with Gasteiger partial charge in [-0.2, -0.15) is 0 Å². The van der Waals surface area contributed by atoms with Crippen molar-refractivity contribution in [1.29, 1.82) is 0 Å². The average Bonchev–Trinajstić information content (AvgIpc) is 3.36. The Morgan fingerprint density at radius 1 is 1.03 bits per heavy atom. The molecule has 2 amide bonds. The van der Waals surface area contributed by atoms with E-state index in [1.54, 1.807) is 28.6 Å². The lowest BCUT2D eigenvalue weighted by molar-refractivity contribution is -0.140. The lowest BCUT2D eigenvalue weighted by atomic mass is 9.94. The zero-order valence-corrected chi connectivity index (χ0v) is 19.7. The van der Waals surface area contributed by atoms with Gasteiger partial charge in [-0.3, -0.25) is 14.6 Å². The maximum atomic E-state index is 13.6. The van der Waals surface area contributed by atoms with Crippen molar-refractivity contribution in [2.24, 2.45) is 0 Å². The number of carbonyl (C=O) groups is 2. The fraction of sp³-hybridized carbons (Fsp3) is 0.370. The fourth-order valence-electron chi connectivity index (χ4n) is 4.49. The summed E-state index contributed by atoms with van der Waals surface area (Å²) in [6, 6.07) is 17.2. The molecule has 1 atom stereocenters. The normalized spacial score (nSPS) is 15.0. The van der Waals surface area contributed by atoms with Gasteiger partial charge in [0.05, 0.1) is 6.42 Å². The van der Waals surface area contributed by atoms with Gasteiger partial charge in [-0.1, -0.05) is 61.7 Å². The van der Waals surface area contributed by atoms with Crippen LogP contribution in [-0.2, 0) is 22.4 Å². The minimum atomic E-state index is -0.697. The lowest BCUT2D eigenvalue weighted by Crippen LogP contribution is -2.48. The van der Waals surface area contributed by atoms with Crippen molar-refractivity contribution in [2.75, 3.05) is 6.54 Å². The number of hydrogen-bond donors (Lipinski definition) is 1. The highest BCUT2D eigenvalue weighted by Crippen LogP contribution is 2.25. The van der Waals surface area contributed by atoms with Gasteiger partial charge in [-0.15, -0.1) is 11.3 Å². The summed E-state index contributed by atoms with van der Waals surface area (Å²) in [6.45, 7) is 0.464. The second-order valence-electron chi connectivity index (χ2n) is 8.61. The van der Waals surface area contributed by atoms with Crippen molar-refractivity contribution < 1.29 is 9.59 Å². The lowest BCUT2D eigenvalue weighted by Gasteiger charge is -2.33. The van der Waals surface area contributed by atoms with E-state index in [0.29, 0.717) is 19.4 Å². The van der Waals surface area contributed by atoms with E-state index in [4.69, 9.17) is 0 Å². The predicted octanol–water partition coefficient (Wildman–Crippen LogP) is 4.95. The Morgan fingerprint density at radius 2 is 1.85 bits per heavy atom. The van der Waals surface area contributed by atoms with Crippen LogP contribution < -0.4 is 5.32 Å². The summed E-state index contributed by atoms with van der Waals surface area (Å²) in [6.07, 6.45) is 9.87. The van der Waals surface area contributed by atoms with Crippen LogP contribution in [0.5, 0.6) is 0 Å². The molecule has 1 aliphatic rings. The number of amides is 2. The first-order valence-electron chi connectivity index (χ1n) is 11.8. The van der Waals surface area contributed by atoms with Crippen molar-refractivity contribution in [1.82, 2.24) is 15.2 Å². The van der Waals surface area contributed by atoms with E-state index in [-0.39, 0.29) is 17.9 Å². The fourth-order valence-corrected chi connectivity index (χ4v) is 5.19. The summed E-state index contributed by atoms with van der Waals surface area (Å²) in [4.78, 5) is 34.2. The molecule has 0 saturated heterocycles. The van der Waals surface area contributed by atoms with Crippen LogP contribution in [0.3, 0.4) is 0 Å². The molecule has 172 valence electrons. The van der Waals surface area contributed by atoms with Gasteiger partial charge in [0.15, 0.2) is 0 Å². The third-order valence-corrected chi connectivity index (χ3v) is 7.10. The molecule has 2 aromatic heterocycles. The molecule has 1 saturated carbocycles. The first kappa shape index (κ1) is 23.2. The van der Waals surface area contributed by atoms with Crippen LogP contribution in [0.1, 0.15) is 54.1 Å². The number of thiophene rings is 1. The molecule has 0 unspecified atom stereocenters. The quantitative estimate of drug-likeness (QED) is 0.491. The average molecular weight is 462 g/mol. The molecule has 0 spiro atoms. The first-order valence-corrected chi connectivity index (χ1v) is 12.6. The molecule has 2 heterocycles. The van der Waals surface area contributed by atoms with Crippen molar-refractivity contribution in [3.63, 3.8) is 0 Å². The van der Waals surface area contributed by atoms with E-state index in [1.807, 2.05) is 47.8 Å². The predicted molar refractivity (Wildman–Crippen MR) is 132 cm³/mol. The summed E-state index contributed by atoms with van der Waals surface area (Å²) in [5.41, 5.74) is 1.89. The number of benzene rings is 1. The molecular formula is C27H31N3O2S. The van der Waals surface area contributed by atoms with E-state index in [0.717, 1.165) is 41.7 Å². The minimum Gasteiger partial charge on any atom is -0.351 e. The number of carbonyl (C=O) groups excluding carboxylic acids is 2. The molecule has 5 nitrogen and oxygen atoms in total. The van der Waals surface area contributed by atoms with Crippen LogP contribution in [0.15, 0.2) is 72.4 Å². The van der Waals surface area contributed by atoms with Crippen LogP contribution in [0.2, 0.25) is 0 Å². The Balaban J connectivity index is 1.61. The van der Waals surface area contributed by atoms with Crippen molar-refractivity contribution in [2.45, 2.75) is 57.0 Å². The van der Waals surface area contributed by atoms with E-state index < -0.39 is 6.04 Å². The van der Waals surface area contributed by atoms with Gasteiger partial charge in [0.1, 0.15) is 6.04 Å². The van der Waals surface area contributed by atoms with Crippen LogP contribution in [-0.4, -0.2) is 34.3 Å². The van der Waals surface area contributed by atoms with Gasteiger partial charge in [0, 0.05) is 35.4 Å². The molecular weight excluding hydrogens is 430 g/mol. The van der Waals surface area contributed by atoms with E-state index in [2.05, 4.69) is 22.4 Å². The molecule has 1 fully saturated rings. The Bertz CT molecular complexity index is 1000. The van der Waals surface area contributed by atoms with E-state index in [9.17, 15) is 9.59 Å². The van der Waals surface area contributed by atoms with Gasteiger partial charge in [0.25, 0.3) is 0 Å². The van der Waals surface area contributed by atoms with Crippen molar-refractivity contribution in [3.05, 3.63) is 88.4 Å². The van der Waals surface area contributed by atoms with Gasteiger partial charge >= 0.3 is 0 Å². The first-order chi connectivity index (χ1) is 16.2. The van der Waals surface area contributed by atoms with E-state index >= 15 is 0 Å². The number of pyridine rings is 1. The third-order valence-electron chi connectivity index (χ3n) is 6.22. The highest BCUT2D eigenvalue weighted by Gasteiger charge is 2.33. The maximum Gasteiger partial charge on any atom is 0.247 e. The van der Waals surface area contributed by atoms with Crippen molar-refractivity contribution >= 4 is 23.2 Å². The Labute approximate surface area is 199 Å². The number of aromatic nitrogens is 1. The zero-order valence-electron chi connectivity index (χ0n) is 18.9. The molecule has 1 aromatic carbocycles. The van der Waals surface area contributed by atoms with Crippen LogP contribution in [0.4, 0.5) is 0 Å². The maximum absolute atomic E-state index is 13.6.